The SMILES string of the molecule is Fc1ccc(-c2nnc(-c3ccc(F)cc3)c3c(-c4ccccc4)c(-c4ccccc4)c(-c4ccccc4)c(-c4ccccc4)c23)cc1. The fraction of sp³-hybridized carbons (Fsp3) is 0. The number of halogens is 2. The predicted octanol–water partition coefficient (Wildman–Crippen LogP) is 11.9. The Bertz CT molecular complexity index is 2190. The van der Waals surface area contributed by atoms with Crippen molar-refractivity contribution in [2.75, 3.05) is 0 Å². The molecule has 0 N–H and O–H groups in total. The van der Waals surface area contributed by atoms with E-state index in [0.29, 0.717) is 11.4 Å². The van der Waals surface area contributed by atoms with Crippen molar-refractivity contribution in [1.29, 1.82) is 0 Å². The van der Waals surface area contributed by atoms with E-state index in [1.807, 2.05) is 48.5 Å². The number of rotatable bonds is 6. The molecule has 0 aliphatic carbocycles. The van der Waals surface area contributed by atoms with Crippen LogP contribution in [0.3, 0.4) is 0 Å². The summed E-state index contributed by atoms with van der Waals surface area (Å²) in [4.78, 5) is 0. The van der Waals surface area contributed by atoms with Gasteiger partial charge in [-0.2, -0.15) is 0 Å². The highest BCUT2D eigenvalue weighted by atomic mass is 19.1. The average molecular weight is 623 g/mol. The third-order valence-corrected chi connectivity index (χ3v) is 8.71. The van der Waals surface area contributed by atoms with Gasteiger partial charge in [-0.1, -0.05) is 121 Å². The van der Waals surface area contributed by atoms with Crippen molar-refractivity contribution in [2.45, 2.75) is 0 Å². The van der Waals surface area contributed by atoms with Gasteiger partial charge in [-0.15, -0.1) is 10.2 Å². The van der Waals surface area contributed by atoms with Gasteiger partial charge in [0.2, 0.25) is 0 Å². The van der Waals surface area contributed by atoms with Crippen LogP contribution in [0.5, 0.6) is 0 Å². The Kier molecular flexibility index (Phi) is 7.60. The molecule has 0 saturated carbocycles. The van der Waals surface area contributed by atoms with Crippen LogP contribution in [0.25, 0.3) is 77.8 Å². The summed E-state index contributed by atoms with van der Waals surface area (Å²) in [5.41, 5.74) is 10.9. The van der Waals surface area contributed by atoms with Gasteiger partial charge in [-0.3, -0.25) is 0 Å². The molecule has 8 aromatic rings. The van der Waals surface area contributed by atoms with Crippen LogP contribution in [0.4, 0.5) is 8.78 Å². The van der Waals surface area contributed by atoms with Crippen LogP contribution in [0.2, 0.25) is 0 Å². The Morgan fingerprint density at radius 3 is 0.833 bits per heavy atom. The van der Waals surface area contributed by atoms with Crippen molar-refractivity contribution in [1.82, 2.24) is 10.2 Å². The van der Waals surface area contributed by atoms with E-state index in [2.05, 4.69) is 72.8 Å². The summed E-state index contributed by atoms with van der Waals surface area (Å²) >= 11 is 0. The number of hydrogen-bond donors (Lipinski definition) is 0. The molecule has 0 radical (unpaired) electrons. The van der Waals surface area contributed by atoms with E-state index in [9.17, 15) is 8.78 Å². The van der Waals surface area contributed by atoms with Gasteiger partial charge in [0.15, 0.2) is 0 Å². The molecule has 1 heterocycles. The molecule has 2 nitrogen and oxygen atoms in total. The second kappa shape index (κ2) is 12.5. The average Bonchev–Trinajstić information content (AvgIpc) is 3.15. The van der Waals surface area contributed by atoms with E-state index in [1.54, 1.807) is 24.3 Å². The van der Waals surface area contributed by atoms with Crippen LogP contribution < -0.4 is 0 Å². The first-order valence-electron chi connectivity index (χ1n) is 15.8. The molecule has 0 unspecified atom stereocenters. The number of hydrogen-bond acceptors (Lipinski definition) is 2. The Morgan fingerprint density at radius 2 is 0.542 bits per heavy atom. The summed E-state index contributed by atoms with van der Waals surface area (Å²) < 4.78 is 28.6. The minimum atomic E-state index is -0.330. The van der Waals surface area contributed by atoms with Gasteiger partial charge in [0, 0.05) is 33.0 Å². The first-order chi connectivity index (χ1) is 23.7. The Hall–Kier alpha value is -6.26. The third kappa shape index (κ3) is 5.23. The normalized spacial score (nSPS) is 11.1. The maximum atomic E-state index is 14.3. The smallest absolute Gasteiger partial charge is 0.123 e. The van der Waals surface area contributed by atoms with Crippen LogP contribution in [0.1, 0.15) is 0 Å². The lowest BCUT2D eigenvalue weighted by Crippen LogP contribution is -2.03. The largest absolute Gasteiger partial charge is 0.207 e. The lowest BCUT2D eigenvalue weighted by atomic mass is 9.77. The maximum absolute atomic E-state index is 14.3. The van der Waals surface area contributed by atoms with E-state index in [1.165, 1.54) is 24.3 Å². The fourth-order valence-electron chi connectivity index (χ4n) is 6.62. The van der Waals surface area contributed by atoms with E-state index >= 15 is 0 Å². The molecule has 0 bridgehead atoms. The number of aromatic nitrogens is 2. The van der Waals surface area contributed by atoms with Gasteiger partial charge in [-0.05, 0) is 81.9 Å². The Morgan fingerprint density at radius 1 is 0.271 bits per heavy atom. The standard InChI is InChI=1S/C44H28F2N2/c45-35-25-21-33(22-26-35)43-41-39(31-17-9-3-10-18-31)37(29-13-5-1-6-14-29)38(30-15-7-2-8-16-30)40(32-19-11-4-12-20-32)42(41)44(48-47-43)34-23-27-36(46)28-24-34/h1-28H. The molecule has 0 atom stereocenters. The second-order valence-corrected chi connectivity index (χ2v) is 11.6. The molecule has 1 aromatic heterocycles. The van der Waals surface area contributed by atoms with Gasteiger partial charge in [0.1, 0.15) is 23.0 Å². The minimum absolute atomic E-state index is 0.330. The Balaban J connectivity index is 1.71. The first kappa shape index (κ1) is 29.2. The molecule has 0 saturated heterocycles. The fourth-order valence-corrected chi connectivity index (χ4v) is 6.62. The van der Waals surface area contributed by atoms with Crippen molar-refractivity contribution in [3.63, 3.8) is 0 Å². The van der Waals surface area contributed by atoms with Crippen molar-refractivity contribution in [2.24, 2.45) is 0 Å². The van der Waals surface area contributed by atoms with Crippen molar-refractivity contribution in [3.05, 3.63) is 181 Å². The van der Waals surface area contributed by atoms with Crippen molar-refractivity contribution < 1.29 is 8.78 Å². The zero-order chi connectivity index (χ0) is 32.5. The van der Waals surface area contributed by atoms with Crippen molar-refractivity contribution in [3.8, 4) is 67.0 Å². The zero-order valence-electron chi connectivity index (χ0n) is 25.8. The molecule has 0 fully saturated rings. The number of fused-ring (bicyclic) bond motifs is 1. The molecule has 48 heavy (non-hydrogen) atoms. The van der Waals surface area contributed by atoms with Gasteiger partial charge in [0.25, 0.3) is 0 Å². The minimum Gasteiger partial charge on any atom is -0.207 e. The van der Waals surface area contributed by atoms with E-state index in [-0.39, 0.29) is 11.6 Å². The monoisotopic (exact) mass is 622 g/mol. The molecule has 228 valence electrons. The van der Waals surface area contributed by atoms with E-state index in [4.69, 9.17) is 10.2 Å². The lowest BCUT2D eigenvalue weighted by molar-refractivity contribution is 0.627. The predicted molar refractivity (Wildman–Crippen MR) is 192 cm³/mol. The lowest BCUT2D eigenvalue weighted by Gasteiger charge is -2.26. The van der Waals surface area contributed by atoms with Crippen LogP contribution in [-0.4, -0.2) is 10.2 Å². The Labute approximate surface area is 277 Å². The molecule has 4 heteroatoms. The van der Waals surface area contributed by atoms with Crippen LogP contribution in [0, 0.1) is 11.6 Å². The van der Waals surface area contributed by atoms with Gasteiger partial charge < -0.3 is 0 Å². The maximum Gasteiger partial charge on any atom is 0.123 e. The van der Waals surface area contributed by atoms with E-state index < -0.39 is 0 Å². The summed E-state index contributed by atoms with van der Waals surface area (Å²) in [5.74, 6) is -0.660. The number of nitrogens with zero attached hydrogens (tertiary/aromatic N) is 2. The molecule has 0 aliphatic rings. The summed E-state index contributed by atoms with van der Waals surface area (Å²) in [7, 11) is 0. The third-order valence-electron chi connectivity index (χ3n) is 8.71. The highest BCUT2D eigenvalue weighted by Gasteiger charge is 2.29. The van der Waals surface area contributed by atoms with Crippen LogP contribution in [0.15, 0.2) is 170 Å². The molecule has 0 aliphatic heterocycles. The highest BCUT2D eigenvalue weighted by Crippen LogP contribution is 2.54. The molecule has 7 aromatic carbocycles. The van der Waals surface area contributed by atoms with Crippen molar-refractivity contribution >= 4 is 10.8 Å². The topological polar surface area (TPSA) is 25.8 Å². The van der Waals surface area contributed by atoms with Crippen LogP contribution >= 0.6 is 0 Å². The summed E-state index contributed by atoms with van der Waals surface area (Å²) in [5, 5.41) is 11.5. The molecule has 0 amide bonds. The van der Waals surface area contributed by atoms with Gasteiger partial charge in [-0.25, -0.2) is 8.78 Å². The molecule has 0 spiro atoms. The van der Waals surface area contributed by atoms with E-state index in [0.717, 1.165) is 66.4 Å². The molecule has 8 rings (SSSR count). The molecular weight excluding hydrogens is 594 g/mol. The highest BCUT2D eigenvalue weighted by molar-refractivity contribution is 6.24. The second-order valence-electron chi connectivity index (χ2n) is 11.6. The quantitative estimate of drug-likeness (QED) is 0.184. The summed E-state index contributed by atoms with van der Waals surface area (Å²) in [6.07, 6.45) is 0. The van der Waals surface area contributed by atoms with Gasteiger partial charge >= 0.3 is 0 Å². The zero-order valence-corrected chi connectivity index (χ0v) is 25.8. The first-order valence-corrected chi connectivity index (χ1v) is 15.8. The molecular formula is C44H28F2N2. The number of benzene rings is 7. The summed E-state index contributed by atoms with van der Waals surface area (Å²) in [6, 6.07) is 54.3. The van der Waals surface area contributed by atoms with Gasteiger partial charge in [0.05, 0.1) is 0 Å². The van der Waals surface area contributed by atoms with Crippen LogP contribution in [-0.2, 0) is 0 Å². The summed E-state index contributed by atoms with van der Waals surface area (Å²) in [6.45, 7) is 0.